The number of aromatic nitrogens is 1. The minimum atomic E-state index is -2.91. The van der Waals surface area contributed by atoms with Gasteiger partial charge >= 0.3 is 5.92 Å². The molecule has 0 aliphatic carbocycles. The van der Waals surface area contributed by atoms with Crippen molar-refractivity contribution in [1.29, 1.82) is 0 Å². The minimum absolute atomic E-state index is 0.400. The molecule has 0 bridgehead atoms. The van der Waals surface area contributed by atoms with Crippen molar-refractivity contribution in [2.45, 2.75) is 12.8 Å². The van der Waals surface area contributed by atoms with E-state index in [0.717, 1.165) is 13.0 Å². The van der Waals surface area contributed by atoms with E-state index in [1.54, 1.807) is 0 Å². The Labute approximate surface area is 50.5 Å². The van der Waals surface area contributed by atoms with Gasteiger partial charge in [-0.05, 0) is 0 Å². The van der Waals surface area contributed by atoms with Crippen LogP contribution in [0.15, 0.2) is 16.8 Å². The molecule has 50 valence electrons. The number of halogens is 2. The fraction of sp³-hybridized carbons (Fsp3) is 0.400. The molecule has 0 saturated carbocycles. The highest BCUT2D eigenvalue weighted by Gasteiger charge is 2.28. The summed E-state index contributed by atoms with van der Waals surface area (Å²) in [6.07, 6.45) is 1.19. The molecule has 2 nitrogen and oxygen atoms in total. The number of alkyl halides is 2. The van der Waals surface area contributed by atoms with Gasteiger partial charge in [-0.2, -0.15) is 8.78 Å². The maximum atomic E-state index is 12.2. The summed E-state index contributed by atoms with van der Waals surface area (Å²) in [5.74, 6) is -3.31. The summed E-state index contributed by atoms with van der Waals surface area (Å²) in [6, 6.07) is 1.14. The summed E-state index contributed by atoms with van der Waals surface area (Å²) in [4.78, 5) is 0. The third-order valence-electron chi connectivity index (χ3n) is 0.870. The van der Waals surface area contributed by atoms with Crippen LogP contribution in [0.3, 0.4) is 0 Å². The lowest BCUT2D eigenvalue weighted by atomic mass is 10.3. The topological polar surface area (TPSA) is 26.0 Å². The molecule has 0 aliphatic rings. The van der Waals surface area contributed by atoms with Crippen molar-refractivity contribution >= 4 is 0 Å². The molecule has 0 amide bonds. The van der Waals surface area contributed by atoms with Crippen LogP contribution in [-0.4, -0.2) is 5.16 Å². The highest BCUT2D eigenvalue weighted by molar-refractivity contribution is 4.99. The van der Waals surface area contributed by atoms with Gasteiger partial charge in [0.05, 0.1) is 6.20 Å². The van der Waals surface area contributed by atoms with E-state index in [2.05, 4.69) is 9.68 Å². The van der Waals surface area contributed by atoms with Gasteiger partial charge in [0.15, 0.2) is 0 Å². The third kappa shape index (κ3) is 1.25. The molecule has 1 aromatic heterocycles. The minimum Gasteiger partial charge on any atom is -0.355 e. The molecule has 0 N–H and O–H groups in total. The summed E-state index contributed by atoms with van der Waals surface area (Å²) < 4.78 is 28.5. The maximum Gasteiger partial charge on any atom is 0.304 e. The van der Waals surface area contributed by atoms with Gasteiger partial charge in [-0.3, -0.25) is 0 Å². The van der Waals surface area contributed by atoms with Crippen LogP contribution in [0.5, 0.6) is 0 Å². The summed E-state index contributed by atoms with van der Waals surface area (Å²) in [7, 11) is 0. The normalized spacial score (nSPS) is 11.9. The van der Waals surface area contributed by atoms with E-state index < -0.39 is 11.7 Å². The average Bonchev–Trinajstić information content (AvgIpc) is 2.08. The van der Waals surface area contributed by atoms with Crippen molar-refractivity contribution in [2.75, 3.05) is 0 Å². The molecule has 0 aliphatic heterocycles. The summed E-state index contributed by atoms with van der Waals surface area (Å²) in [6.45, 7) is 0.757. The lowest BCUT2D eigenvalue weighted by Gasteiger charge is -2.02. The van der Waals surface area contributed by atoms with E-state index in [0.29, 0.717) is 0 Å². The predicted octanol–water partition coefficient (Wildman–Crippen LogP) is 1.79. The van der Waals surface area contributed by atoms with Gasteiger partial charge in [-0.1, -0.05) is 5.16 Å². The van der Waals surface area contributed by atoms with Crippen LogP contribution in [0.1, 0.15) is 12.7 Å². The SMILES string of the molecule is CC(F)(F)c1ccno1. The zero-order valence-corrected chi connectivity index (χ0v) is 4.77. The zero-order valence-electron chi connectivity index (χ0n) is 4.77. The van der Waals surface area contributed by atoms with E-state index >= 15 is 0 Å². The van der Waals surface area contributed by atoms with E-state index in [1.165, 1.54) is 6.20 Å². The van der Waals surface area contributed by atoms with Gasteiger partial charge in [0.1, 0.15) is 0 Å². The molecule has 0 spiro atoms. The lowest BCUT2D eigenvalue weighted by molar-refractivity contribution is -0.0105. The quantitative estimate of drug-likeness (QED) is 0.583. The second kappa shape index (κ2) is 1.79. The van der Waals surface area contributed by atoms with Crippen LogP contribution in [0, 0.1) is 0 Å². The molecule has 0 unspecified atom stereocenters. The van der Waals surface area contributed by atoms with Gasteiger partial charge < -0.3 is 4.52 Å². The Hall–Kier alpha value is -0.930. The Morgan fingerprint density at radius 3 is 2.56 bits per heavy atom. The van der Waals surface area contributed by atoms with Gasteiger partial charge in [0.2, 0.25) is 5.76 Å². The molecule has 1 heterocycles. The van der Waals surface area contributed by atoms with Crippen molar-refractivity contribution < 1.29 is 13.3 Å². The van der Waals surface area contributed by atoms with Crippen molar-refractivity contribution in [3.63, 3.8) is 0 Å². The third-order valence-corrected chi connectivity index (χ3v) is 0.870. The molecule has 0 saturated heterocycles. The summed E-state index contributed by atoms with van der Waals surface area (Å²) >= 11 is 0. The Kier molecular flexibility index (Phi) is 1.23. The van der Waals surface area contributed by atoms with Crippen LogP contribution in [0.4, 0.5) is 8.78 Å². The van der Waals surface area contributed by atoms with Gasteiger partial charge in [-0.25, -0.2) is 0 Å². The molecular formula is C5H5F2NO. The fourth-order valence-corrected chi connectivity index (χ4v) is 0.442. The first-order chi connectivity index (χ1) is 4.11. The Bertz CT molecular complexity index is 177. The van der Waals surface area contributed by atoms with E-state index in [-0.39, 0.29) is 0 Å². The molecule has 0 fully saturated rings. The largest absolute Gasteiger partial charge is 0.355 e. The van der Waals surface area contributed by atoms with Crippen molar-refractivity contribution in [2.24, 2.45) is 0 Å². The Balaban J connectivity index is 2.90. The molecule has 9 heavy (non-hydrogen) atoms. The van der Waals surface area contributed by atoms with Gasteiger partial charge in [-0.15, -0.1) is 0 Å². The lowest BCUT2D eigenvalue weighted by Crippen LogP contribution is -2.04. The molecule has 1 rings (SSSR count). The zero-order chi connectivity index (χ0) is 6.91. The van der Waals surface area contributed by atoms with Crippen LogP contribution in [0.2, 0.25) is 0 Å². The van der Waals surface area contributed by atoms with Gasteiger partial charge in [0.25, 0.3) is 0 Å². The van der Waals surface area contributed by atoms with E-state index in [1.807, 2.05) is 0 Å². The first-order valence-electron chi connectivity index (χ1n) is 2.39. The number of rotatable bonds is 1. The highest BCUT2D eigenvalue weighted by Crippen LogP contribution is 2.25. The van der Waals surface area contributed by atoms with Crippen molar-refractivity contribution in [3.05, 3.63) is 18.0 Å². The van der Waals surface area contributed by atoms with E-state index in [4.69, 9.17) is 0 Å². The Morgan fingerprint density at radius 1 is 1.67 bits per heavy atom. The average molecular weight is 133 g/mol. The predicted molar refractivity (Wildman–Crippen MR) is 26.1 cm³/mol. The molecular weight excluding hydrogens is 128 g/mol. The van der Waals surface area contributed by atoms with Crippen LogP contribution >= 0.6 is 0 Å². The number of nitrogens with zero attached hydrogens (tertiary/aromatic N) is 1. The van der Waals surface area contributed by atoms with Crippen LogP contribution in [0.25, 0.3) is 0 Å². The van der Waals surface area contributed by atoms with Crippen molar-refractivity contribution in [3.8, 4) is 0 Å². The van der Waals surface area contributed by atoms with Crippen LogP contribution in [-0.2, 0) is 5.92 Å². The second-order valence-corrected chi connectivity index (χ2v) is 1.77. The maximum absolute atomic E-state index is 12.2. The smallest absolute Gasteiger partial charge is 0.304 e. The molecule has 0 radical (unpaired) electrons. The number of hydrogen-bond donors (Lipinski definition) is 0. The van der Waals surface area contributed by atoms with Gasteiger partial charge in [0, 0.05) is 13.0 Å². The molecule has 1 aromatic rings. The molecule has 0 aromatic carbocycles. The second-order valence-electron chi connectivity index (χ2n) is 1.77. The standard InChI is InChI=1S/C5H5F2NO/c1-5(6,7)4-2-3-8-9-4/h2-3H,1H3. The summed E-state index contributed by atoms with van der Waals surface area (Å²) in [5, 5.41) is 3.13. The Morgan fingerprint density at radius 2 is 2.33 bits per heavy atom. The molecule has 0 atom stereocenters. The monoisotopic (exact) mass is 133 g/mol. The van der Waals surface area contributed by atoms with E-state index in [9.17, 15) is 8.78 Å². The fourth-order valence-electron chi connectivity index (χ4n) is 0.442. The highest BCUT2D eigenvalue weighted by atomic mass is 19.3. The molecule has 4 heteroatoms. The van der Waals surface area contributed by atoms with Crippen LogP contribution < -0.4 is 0 Å². The summed E-state index contributed by atoms with van der Waals surface area (Å²) in [5.41, 5.74) is 0. The number of hydrogen-bond acceptors (Lipinski definition) is 2. The first-order valence-corrected chi connectivity index (χ1v) is 2.39. The van der Waals surface area contributed by atoms with Crippen molar-refractivity contribution in [1.82, 2.24) is 5.16 Å². The first kappa shape index (κ1) is 6.19.